The lowest BCUT2D eigenvalue weighted by molar-refractivity contribution is -0.170. The van der Waals surface area contributed by atoms with Crippen LogP contribution in [0.15, 0.2) is 18.2 Å². The summed E-state index contributed by atoms with van der Waals surface area (Å²) < 4.78 is 39.5. The number of halogens is 5. The van der Waals surface area contributed by atoms with Crippen LogP contribution in [0.25, 0.3) is 0 Å². The van der Waals surface area contributed by atoms with Gasteiger partial charge in [-0.25, -0.2) is 0 Å². The maximum Gasteiger partial charge on any atom is 0.411 e. The Hall–Kier alpha value is -0.780. The van der Waals surface area contributed by atoms with Gasteiger partial charge in [0, 0.05) is 5.56 Å². The summed E-state index contributed by atoms with van der Waals surface area (Å²) >= 11 is 11.3. The van der Waals surface area contributed by atoms with Crippen molar-refractivity contribution >= 4 is 29.0 Å². The fourth-order valence-electron chi connectivity index (χ4n) is 1.01. The van der Waals surface area contributed by atoms with E-state index in [-0.39, 0.29) is 15.6 Å². The van der Waals surface area contributed by atoms with Crippen molar-refractivity contribution in [3.8, 4) is 0 Å². The van der Waals surface area contributed by atoms with Gasteiger partial charge in [0.25, 0.3) is 0 Å². The van der Waals surface area contributed by atoms with Crippen molar-refractivity contribution in [2.24, 2.45) is 0 Å². The molecule has 0 radical (unpaired) electrons. The topological polar surface area (TPSA) is 26.3 Å². The number of carbonyl (C=O) groups excluding carboxylic acids is 1. The lowest BCUT2D eigenvalue weighted by Crippen LogP contribution is -2.20. The normalized spacial score (nSPS) is 11.6. The van der Waals surface area contributed by atoms with Gasteiger partial charge in [-0.1, -0.05) is 23.2 Å². The predicted molar refractivity (Wildman–Crippen MR) is 57.7 cm³/mol. The average Bonchev–Trinajstić information content (AvgIpc) is 2.20. The second-order valence-corrected chi connectivity index (χ2v) is 3.97. The van der Waals surface area contributed by atoms with Gasteiger partial charge in [0.15, 0.2) is 5.78 Å². The van der Waals surface area contributed by atoms with Crippen LogP contribution in [0.4, 0.5) is 13.2 Å². The summed E-state index contributed by atoms with van der Waals surface area (Å²) in [4.78, 5) is 11.4. The Balaban J connectivity index is 2.56. The molecule has 0 N–H and O–H groups in total. The molecule has 1 aromatic rings. The van der Waals surface area contributed by atoms with Crippen LogP contribution in [0.3, 0.4) is 0 Å². The Bertz CT molecular complexity index is 419. The number of rotatable bonds is 4. The summed E-state index contributed by atoms with van der Waals surface area (Å²) in [5, 5.41) is 0.424. The Morgan fingerprint density at radius 1 is 1.24 bits per heavy atom. The van der Waals surface area contributed by atoms with Crippen LogP contribution in [0.5, 0.6) is 0 Å². The van der Waals surface area contributed by atoms with Crippen LogP contribution >= 0.6 is 23.2 Å². The molecule has 17 heavy (non-hydrogen) atoms. The zero-order chi connectivity index (χ0) is 13.1. The monoisotopic (exact) mass is 286 g/mol. The molecule has 0 saturated heterocycles. The number of ketones is 1. The number of ether oxygens (including phenoxy) is 1. The lowest BCUT2D eigenvalue weighted by atomic mass is 10.1. The van der Waals surface area contributed by atoms with Crippen molar-refractivity contribution in [3.05, 3.63) is 33.8 Å². The van der Waals surface area contributed by atoms with E-state index >= 15 is 0 Å². The lowest BCUT2D eigenvalue weighted by Gasteiger charge is -2.07. The van der Waals surface area contributed by atoms with E-state index in [1.807, 2.05) is 0 Å². The summed E-state index contributed by atoms with van der Waals surface area (Å²) in [5.41, 5.74) is 0.154. The van der Waals surface area contributed by atoms with E-state index in [4.69, 9.17) is 23.2 Å². The molecular formula is C10H7Cl2F3O2. The van der Waals surface area contributed by atoms with E-state index in [9.17, 15) is 18.0 Å². The highest BCUT2D eigenvalue weighted by molar-refractivity contribution is 6.42. The molecule has 1 rings (SSSR count). The Morgan fingerprint density at radius 2 is 1.88 bits per heavy atom. The SMILES string of the molecule is O=C(COCC(F)(F)F)c1ccc(Cl)c(Cl)c1. The molecule has 0 aliphatic rings. The van der Waals surface area contributed by atoms with Crippen molar-refractivity contribution in [1.29, 1.82) is 0 Å². The molecule has 0 heterocycles. The van der Waals surface area contributed by atoms with Gasteiger partial charge in [0.05, 0.1) is 10.0 Å². The molecule has 94 valence electrons. The first-order valence-electron chi connectivity index (χ1n) is 4.42. The van der Waals surface area contributed by atoms with Crippen molar-refractivity contribution < 1.29 is 22.7 Å². The number of Topliss-reactive ketones (excluding diaryl/α,β-unsaturated/α-hetero) is 1. The van der Waals surface area contributed by atoms with Gasteiger partial charge in [0.1, 0.15) is 13.2 Å². The Kier molecular flexibility index (Phi) is 4.80. The molecule has 0 aliphatic heterocycles. The van der Waals surface area contributed by atoms with E-state index < -0.39 is 25.2 Å². The van der Waals surface area contributed by atoms with E-state index in [0.29, 0.717) is 0 Å². The molecular weight excluding hydrogens is 280 g/mol. The van der Waals surface area contributed by atoms with Crippen LogP contribution < -0.4 is 0 Å². The molecule has 0 aliphatic carbocycles. The minimum Gasteiger partial charge on any atom is -0.364 e. The largest absolute Gasteiger partial charge is 0.411 e. The summed E-state index contributed by atoms with van der Waals surface area (Å²) in [7, 11) is 0. The zero-order valence-electron chi connectivity index (χ0n) is 8.35. The number of carbonyl (C=O) groups is 1. The van der Waals surface area contributed by atoms with E-state index in [0.717, 1.165) is 0 Å². The van der Waals surface area contributed by atoms with E-state index in [2.05, 4.69) is 4.74 Å². The van der Waals surface area contributed by atoms with E-state index in [1.54, 1.807) is 0 Å². The average molecular weight is 287 g/mol. The second-order valence-electron chi connectivity index (χ2n) is 3.16. The fraction of sp³-hybridized carbons (Fsp3) is 0.300. The number of benzene rings is 1. The van der Waals surface area contributed by atoms with Crippen LogP contribution in [-0.4, -0.2) is 25.2 Å². The van der Waals surface area contributed by atoms with Gasteiger partial charge >= 0.3 is 6.18 Å². The third kappa shape index (κ3) is 4.93. The Labute approximate surface area is 105 Å². The molecule has 0 aromatic heterocycles. The minimum absolute atomic E-state index is 0.154. The molecule has 1 aromatic carbocycles. The maximum absolute atomic E-state index is 11.8. The minimum atomic E-state index is -4.45. The van der Waals surface area contributed by atoms with Crippen LogP contribution in [0.1, 0.15) is 10.4 Å². The second kappa shape index (κ2) is 5.71. The predicted octanol–water partition coefficient (Wildman–Crippen LogP) is 3.76. The smallest absolute Gasteiger partial charge is 0.364 e. The molecule has 0 spiro atoms. The van der Waals surface area contributed by atoms with Crippen molar-refractivity contribution in [3.63, 3.8) is 0 Å². The molecule has 7 heteroatoms. The van der Waals surface area contributed by atoms with Gasteiger partial charge < -0.3 is 4.74 Å². The van der Waals surface area contributed by atoms with E-state index in [1.165, 1.54) is 18.2 Å². The quantitative estimate of drug-likeness (QED) is 0.788. The van der Waals surface area contributed by atoms with Gasteiger partial charge in [0.2, 0.25) is 0 Å². The van der Waals surface area contributed by atoms with Gasteiger partial charge in [-0.15, -0.1) is 0 Å². The summed E-state index contributed by atoms with van der Waals surface area (Å²) in [6.45, 7) is -2.11. The highest BCUT2D eigenvalue weighted by Gasteiger charge is 2.27. The van der Waals surface area contributed by atoms with Gasteiger partial charge in [-0.05, 0) is 18.2 Å². The number of hydrogen-bond acceptors (Lipinski definition) is 2. The summed E-state index contributed by atoms with van der Waals surface area (Å²) in [6.07, 6.45) is -4.45. The van der Waals surface area contributed by atoms with Crippen molar-refractivity contribution in [1.82, 2.24) is 0 Å². The zero-order valence-corrected chi connectivity index (χ0v) is 9.86. The summed E-state index contributed by atoms with van der Waals surface area (Å²) in [5.74, 6) is -0.590. The highest BCUT2D eigenvalue weighted by atomic mass is 35.5. The van der Waals surface area contributed by atoms with Crippen LogP contribution in [0.2, 0.25) is 10.0 Å². The molecule has 0 bridgehead atoms. The highest BCUT2D eigenvalue weighted by Crippen LogP contribution is 2.23. The van der Waals surface area contributed by atoms with Gasteiger partial charge in [-0.2, -0.15) is 13.2 Å². The van der Waals surface area contributed by atoms with Gasteiger partial charge in [-0.3, -0.25) is 4.79 Å². The van der Waals surface area contributed by atoms with Crippen LogP contribution in [-0.2, 0) is 4.74 Å². The standard InChI is InChI=1S/C10H7Cl2F3O2/c11-7-2-1-6(3-8(7)12)9(16)4-17-5-10(13,14)15/h1-3H,4-5H2. The third-order valence-corrected chi connectivity index (χ3v) is 2.48. The fourth-order valence-corrected chi connectivity index (χ4v) is 1.31. The van der Waals surface area contributed by atoms with Crippen LogP contribution in [0, 0.1) is 0 Å². The first-order valence-corrected chi connectivity index (χ1v) is 5.18. The number of alkyl halides is 3. The molecule has 0 atom stereocenters. The molecule has 0 amide bonds. The molecule has 0 unspecified atom stereocenters. The molecule has 0 saturated carbocycles. The molecule has 0 fully saturated rings. The maximum atomic E-state index is 11.8. The van der Waals surface area contributed by atoms with Crippen molar-refractivity contribution in [2.75, 3.05) is 13.2 Å². The first-order chi connectivity index (χ1) is 7.79. The number of hydrogen-bond donors (Lipinski definition) is 0. The third-order valence-electron chi connectivity index (χ3n) is 1.74. The Morgan fingerprint density at radius 3 is 2.41 bits per heavy atom. The van der Waals surface area contributed by atoms with Crippen molar-refractivity contribution in [2.45, 2.75) is 6.18 Å². The summed E-state index contributed by atoms with van der Waals surface area (Å²) in [6, 6.07) is 4.04. The molecule has 2 nitrogen and oxygen atoms in total. The first kappa shape index (κ1) is 14.3.